The third kappa shape index (κ3) is 3.89. The molecule has 6 nitrogen and oxygen atoms in total. The number of rotatable bonds is 2. The Bertz CT molecular complexity index is 158. The van der Waals surface area contributed by atoms with Crippen molar-refractivity contribution in [2.24, 2.45) is 0 Å². The molecule has 0 saturated heterocycles. The highest BCUT2D eigenvalue weighted by Crippen LogP contribution is 1.79. The summed E-state index contributed by atoms with van der Waals surface area (Å²) in [6.45, 7) is 2.51. The lowest BCUT2D eigenvalue weighted by Crippen LogP contribution is -2.48. The smallest absolute Gasteiger partial charge is 0.266 e. The van der Waals surface area contributed by atoms with Gasteiger partial charge in [-0.05, 0) is 13.8 Å². The topological polar surface area (TPSA) is 98.7 Å². The zero-order valence-electron chi connectivity index (χ0n) is 6.87. The SMILES string of the molecule is C[C@H](O)C(=O)NNC(=O)[C@H](C)O. The van der Waals surface area contributed by atoms with Crippen molar-refractivity contribution in [3.63, 3.8) is 0 Å². The van der Waals surface area contributed by atoms with E-state index < -0.39 is 24.0 Å². The normalized spacial score (nSPS) is 14.7. The second-order valence-corrected chi connectivity index (χ2v) is 2.33. The lowest BCUT2D eigenvalue weighted by atomic mass is 10.4. The number of aliphatic hydroxyl groups excluding tert-OH is 2. The Morgan fingerprint density at radius 3 is 1.42 bits per heavy atom. The Morgan fingerprint density at radius 1 is 1.00 bits per heavy atom. The van der Waals surface area contributed by atoms with Crippen LogP contribution in [-0.2, 0) is 9.59 Å². The molecule has 2 atom stereocenters. The summed E-state index contributed by atoms with van der Waals surface area (Å²) in [5.41, 5.74) is 3.83. The van der Waals surface area contributed by atoms with Crippen LogP contribution >= 0.6 is 0 Å². The van der Waals surface area contributed by atoms with Gasteiger partial charge in [0.15, 0.2) is 0 Å². The van der Waals surface area contributed by atoms with Crippen LogP contribution < -0.4 is 10.9 Å². The molecule has 4 N–H and O–H groups in total. The van der Waals surface area contributed by atoms with Gasteiger partial charge < -0.3 is 10.2 Å². The van der Waals surface area contributed by atoms with E-state index >= 15 is 0 Å². The Balaban J connectivity index is 3.69. The van der Waals surface area contributed by atoms with Gasteiger partial charge in [-0.25, -0.2) is 0 Å². The maximum Gasteiger partial charge on any atom is 0.266 e. The molecule has 2 amide bonds. The van der Waals surface area contributed by atoms with E-state index in [1.54, 1.807) is 0 Å². The van der Waals surface area contributed by atoms with Crippen molar-refractivity contribution in [2.75, 3.05) is 0 Å². The van der Waals surface area contributed by atoms with Gasteiger partial charge in [0.1, 0.15) is 12.2 Å². The second-order valence-electron chi connectivity index (χ2n) is 2.33. The molecule has 70 valence electrons. The standard InChI is InChI=1S/C6H12N2O4/c1-3(9)5(11)7-8-6(12)4(2)10/h3-4,9-10H,1-2H3,(H,7,11)(H,8,12)/t3-,4-/m0/s1. The Morgan fingerprint density at radius 2 is 1.25 bits per heavy atom. The van der Waals surface area contributed by atoms with Crippen LogP contribution in [0.1, 0.15) is 13.8 Å². The van der Waals surface area contributed by atoms with Crippen LogP contribution in [0.15, 0.2) is 0 Å². The van der Waals surface area contributed by atoms with Gasteiger partial charge in [-0.15, -0.1) is 0 Å². The number of carbonyl (C=O) groups is 2. The van der Waals surface area contributed by atoms with Gasteiger partial charge in [-0.2, -0.15) is 0 Å². The highest BCUT2D eigenvalue weighted by atomic mass is 16.3. The number of hydrazine groups is 1. The van der Waals surface area contributed by atoms with Crippen molar-refractivity contribution in [3.05, 3.63) is 0 Å². The summed E-state index contributed by atoms with van der Waals surface area (Å²) in [6.07, 6.45) is -2.39. The van der Waals surface area contributed by atoms with Crippen LogP contribution in [0.2, 0.25) is 0 Å². The van der Waals surface area contributed by atoms with Crippen LogP contribution in [0.4, 0.5) is 0 Å². The molecule has 0 heterocycles. The maximum atomic E-state index is 10.6. The Kier molecular flexibility index (Phi) is 4.24. The number of hydrogen-bond acceptors (Lipinski definition) is 4. The van der Waals surface area contributed by atoms with Gasteiger partial charge in [0.2, 0.25) is 0 Å². The average molecular weight is 176 g/mol. The summed E-state index contributed by atoms with van der Waals surface area (Å²) in [5, 5.41) is 17.3. The largest absolute Gasteiger partial charge is 0.383 e. The molecular weight excluding hydrogens is 164 g/mol. The van der Waals surface area contributed by atoms with Gasteiger partial charge >= 0.3 is 0 Å². The first-order valence-corrected chi connectivity index (χ1v) is 3.41. The summed E-state index contributed by atoms with van der Waals surface area (Å²) in [7, 11) is 0. The summed E-state index contributed by atoms with van der Waals surface area (Å²) < 4.78 is 0. The molecule has 0 bridgehead atoms. The van der Waals surface area contributed by atoms with E-state index in [9.17, 15) is 9.59 Å². The fraction of sp³-hybridized carbons (Fsp3) is 0.667. The van der Waals surface area contributed by atoms with E-state index in [0.29, 0.717) is 0 Å². The predicted octanol–water partition coefficient (Wildman–Crippen LogP) is -2.10. The summed E-state index contributed by atoms with van der Waals surface area (Å²) in [6, 6.07) is 0. The van der Waals surface area contributed by atoms with E-state index in [-0.39, 0.29) is 0 Å². The maximum absolute atomic E-state index is 10.6. The van der Waals surface area contributed by atoms with Gasteiger partial charge in [0, 0.05) is 0 Å². The first-order chi connectivity index (χ1) is 5.45. The molecular formula is C6H12N2O4. The molecule has 0 aromatic heterocycles. The molecule has 0 rings (SSSR count). The number of nitrogens with one attached hydrogen (secondary N) is 2. The predicted molar refractivity (Wildman–Crippen MR) is 39.6 cm³/mol. The number of amides is 2. The minimum absolute atomic E-state index is 0.732. The zero-order chi connectivity index (χ0) is 9.72. The van der Waals surface area contributed by atoms with Crippen LogP contribution in [-0.4, -0.2) is 34.2 Å². The zero-order valence-corrected chi connectivity index (χ0v) is 6.87. The van der Waals surface area contributed by atoms with Crippen molar-refractivity contribution in [1.82, 2.24) is 10.9 Å². The molecule has 0 unspecified atom stereocenters. The third-order valence-electron chi connectivity index (χ3n) is 1.07. The van der Waals surface area contributed by atoms with Gasteiger partial charge in [-0.3, -0.25) is 20.4 Å². The van der Waals surface area contributed by atoms with Crippen LogP contribution in [0, 0.1) is 0 Å². The van der Waals surface area contributed by atoms with Crippen LogP contribution in [0.25, 0.3) is 0 Å². The molecule has 0 fully saturated rings. The molecule has 0 aliphatic carbocycles. The van der Waals surface area contributed by atoms with Gasteiger partial charge in [-0.1, -0.05) is 0 Å². The van der Waals surface area contributed by atoms with Crippen molar-refractivity contribution in [2.45, 2.75) is 26.1 Å². The third-order valence-corrected chi connectivity index (χ3v) is 1.07. The first-order valence-electron chi connectivity index (χ1n) is 3.41. The molecule has 12 heavy (non-hydrogen) atoms. The summed E-state index contributed by atoms with van der Waals surface area (Å²) in [5.74, 6) is -1.46. The molecule has 0 saturated carbocycles. The van der Waals surface area contributed by atoms with Crippen LogP contribution in [0.3, 0.4) is 0 Å². The minimum atomic E-state index is -1.20. The molecule has 0 aromatic carbocycles. The van der Waals surface area contributed by atoms with E-state index in [0.717, 1.165) is 0 Å². The molecule has 0 spiro atoms. The van der Waals surface area contributed by atoms with Crippen molar-refractivity contribution < 1.29 is 19.8 Å². The quantitative estimate of drug-likeness (QED) is 0.362. The van der Waals surface area contributed by atoms with E-state index in [2.05, 4.69) is 0 Å². The van der Waals surface area contributed by atoms with Crippen molar-refractivity contribution in [3.8, 4) is 0 Å². The molecule has 0 radical (unpaired) electrons. The fourth-order valence-electron chi connectivity index (χ4n) is 0.332. The van der Waals surface area contributed by atoms with E-state index in [1.165, 1.54) is 13.8 Å². The highest BCUT2D eigenvalue weighted by Gasteiger charge is 2.11. The minimum Gasteiger partial charge on any atom is -0.383 e. The number of carbonyl (C=O) groups excluding carboxylic acids is 2. The average Bonchev–Trinajstić information content (AvgIpc) is 1.98. The first kappa shape index (κ1) is 10.9. The molecule has 0 aliphatic heterocycles. The van der Waals surface area contributed by atoms with E-state index in [4.69, 9.17) is 10.2 Å². The monoisotopic (exact) mass is 176 g/mol. The lowest BCUT2D eigenvalue weighted by Gasteiger charge is -2.09. The number of hydrogen-bond donors (Lipinski definition) is 4. The van der Waals surface area contributed by atoms with Gasteiger partial charge in [0.25, 0.3) is 11.8 Å². The Labute approximate surface area is 69.5 Å². The fourth-order valence-corrected chi connectivity index (χ4v) is 0.332. The van der Waals surface area contributed by atoms with Crippen molar-refractivity contribution in [1.29, 1.82) is 0 Å². The van der Waals surface area contributed by atoms with E-state index in [1.807, 2.05) is 10.9 Å². The Hall–Kier alpha value is -1.14. The molecule has 6 heteroatoms. The lowest BCUT2D eigenvalue weighted by molar-refractivity contribution is -0.136. The van der Waals surface area contributed by atoms with Gasteiger partial charge in [0.05, 0.1) is 0 Å². The highest BCUT2D eigenvalue weighted by molar-refractivity contribution is 5.85. The van der Waals surface area contributed by atoms with Crippen LogP contribution in [0.5, 0.6) is 0 Å². The summed E-state index contributed by atoms with van der Waals surface area (Å²) >= 11 is 0. The molecule has 0 aromatic rings. The second kappa shape index (κ2) is 4.68. The molecule has 0 aliphatic rings. The van der Waals surface area contributed by atoms with Crippen molar-refractivity contribution >= 4 is 11.8 Å². The number of aliphatic hydroxyl groups is 2. The summed E-state index contributed by atoms with van der Waals surface area (Å²) in [4.78, 5) is 21.2.